The SMILES string of the molecule is O=C(C[C@H](O)I)OCC(=O)c1ccccc1. The highest BCUT2D eigenvalue weighted by atomic mass is 127. The Morgan fingerprint density at radius 2 is 1.94 bits per heavy atom. The van der Waals surface area contributed by atoms with Crippen LogP contribution in [0.2, 0.25) is 0 Å². The Morgan fingerprint density at radius 3 is 2.50 bits per heavy atom. The van der Waals surface area contributed by atoms with Gasteiger partial charge in [-0.15, -0.1) is 0 Å². The van der Waals surface area contributed by atoms with Gasteiger partial charge in [-0.2, -0.15) is 0 Å². The van der Waals surface area contributed by atoms with E-state index < -0.39 is 10.1 Å². The van der Waals surface area contributed by atoms with Gasteiger partial charge >= 0.3 is 5.97 Å². The highest BCUT2D eigenvalue weighted by molar-refractivity contribution is 14.1. The summed E-state index contributed by atoms with van der Waals surface area (Å²) < 4.78 is 3.94. The smallest absolute Gasteiger partial charge is 0.309 e. The molecule has 0 saturated heterocycles. The van der Waals surface area contributed by atoms with Crippen molar-refractivity contribution in [3.63, 3.8) is 0 Å². The van der Waals surface area contributed by atoms with Crippen LogP contribution in [-0.4, -0.2) is 27.6 Å². The summed E-state index contributed by atoms with van der Waals surface area (Å²) in [6.45, 7) is -0.286. The van der Waals surface area contributed by atoms with Crippen molar-refractivity contribution in [1.29, 1.82) is 0 Å². The lowest BCUT2D eigenvalue weighted by Crippen LogP contribution is -2.16. The topological polar surface area (TPSA) is 63.6 Å². The molecule has 1 atom stereocenters. The van der Waals surface area contributed by atoms with Crippen molar-refractivity contribution < 1.29 is 19.4 Å². The molecule has 0 aliphatic rings. The first-order chi connectivity index (χ1) is 7.59. The number of carbonyl (C=O) groups excluding carboxylic acids is 2. The maximum atomic E-state index is 11.5. The Morgan fingerprint density at radius 1 is 1.31 bits per heavy atom. The lowest BCUT2D eigenvalue weighted by molar-refractivity contribution is -0.143. The Hall–Kier alpha value is -0.950. The van der Waals surface area contributed by atoms with Crippen molar-refractivity contribution in [2.45, 2.75) is 10.5 Å². The molecular formula is C11H11IO4. The number of aliphatic hydroxyl groups is 1. The highest BCUT2D eigenvalue weighted by Crippen LogP contribution is 2.04. The number of halogens is 1. The minimum absolute atomic E-state index is 0.109. The van der Waals surface area contributed by atoms with E-state index in [-0.39, 0.29) is 18.8 Å². The second-order valence-electron chi connectivity index (χ2n) is 3.09. The van der Waals surface area contributed by atoms with E-state index in [1.807, 2.05) is 0 Å². The van der Waals surface area contributed by atoms with E-state index in [0.29, 0.717) is 5.56 Å². The Kier molecular flexibility index (Phi) is 5.41. The molecule has 5 heteroatoms. The van der Waals surface area contributed by atoms with Crippen LogP contribution in [0.4, 0.5) is 0 Å². The summed E-state index contributed by atoms with van der Waals surface area (Å²) in [6, 6.07) is 8.59. The standard InChI is InChI=1S/C11H11IO4/c12-10(14)6-11(15)16-7-9(13)8-4-2-1-3-5-8/h1-5,10,14H,6-7H2/t10-/m0/s1. The normalized spacial score (nSPS) is 11.9. The first-order valence-electron chi connectivity index (χ1n) is 4.65. The van der Waals surface area contributed by atoms with Crippen molar-refractivity contribution in [2.75, 3.05) is 6.61 Å². The molecule has 0 bridgehead atoms. The lowest BCUT2D eigenvalue weighted by Gasteiger charge is -2.04. The Bertz CT molecular complexity index is 362. The van der Waals surface area contributed by atoms with Crippen LogP contribution in [-0.2, 0) is 9.53 Å². The number of ketones is 1. The minimum atomic E-state index is -0.781. The number of benzene rings is 1. The van der Waals surface area contributed by atoms with Crippen LogP contribution in [0.1, 0.15) is 16.8 Å². The zero-order valence-corrected chi connectivity index (χ0v) is 10.6. The second kappa shape index (κ2) is 6.59. The van der Waals surface area contributed by atoms with Gasteiger partial charge < -0.3 is 9.84 Å². The summed E-state index contributed by atoms with van der Waals surface area (Å²) in [7, 11) is 0. The number of Topliss-reactive ketones (excluding diaryl/α,β-unsaturated/α-hetero) is 1. The molecule has 1 rings (SSSR count). The number of rotatable bonds is 5. The molecule has 16 heavy (non-hydrogen) atoms. The number of alkyl halides is 1. The molecular weight excluding hydrogens is 323 g/mol. The molecule has 1 aromatic carbocycles. The van der Waals surface area contributed by atoms with E-state index in [1.54, 1.807) is 52.9 Å². The molecule has 0 saturated carbocycles. The van der Waals surface area contributed by atoms with Gasteiger partial charge in [-0.25, -0.2) is 0 Å². The van der Waals surface area contributed by atoms with Crippen LogP contribution in [0.15, 0.2) is 30.3 Å². The van der Waals surface area contributed by atoms with E-state index >= 15 is 0 Å². The zero-order chi connectivity index (χ0) is 12.0. The number of hydrogen-bond donors (Lipinski definition) is 1. The van der Waals surface area contributed by atoms with Crippen molar-refractivity contribution in [1.82, 2.24) is 0 Å². The summed E-state index contributed by atoms with van der Waals surface area (Å²) in [4.78, 5) is 22.5. The molecule has 1 N–H and O–H groups in total. The van der Waals surface area contributed by atoms with Gasteiger partial charge in [0.05, 0.1) is 6.42 Å². The maximum absolute atomic E-state index is 11.5. The summed E-state index contributed by atoms with van der Waals surface area (Å²) in [5.41, 5.74) is 0.505. The van der Waals surface area contributed by atoms with Gasteiger partial charge in [0.15, 0.2) is 12.4 Å². The van der Waals surface area contributed by atoms with Crippen LogP contribution in [0.5, 0.6) is 0 Å². The van der Waals surface area contributed by atoms with Gasteiger partial charge in [-0.3, -0.25) is 9.59 Å². The van der Waals surface area contributed by atoms with Crippen molar-refractivity contribution in [3.8, 4) is 0 Å². The van der Waals surface area contributed by atoms with Gasteiger partial charge in [0.2, 0.25) is 0 Å². The number of aliphatic hydroxyl groups excluding tert-OH is 1. The molecule has 0 radical (unpaired) electrons. The predicted octanol–water partition coefficient (Wildman–Crippen LogP) is 1.56. The molecule has 0 heterocycles. The molecule has 1 aromatic rings. The van der Waals surface area contributed by atoms with E-state index in [4.69, 9.17) is 9.84 Å². The molecule has 0 unspecified atom stereocenters. The van der Waals surface area contributed by atoms with Gasteiger partial charge in [-0.1, -0.05) is 52.9 Å². The monoisotopic (exact) mass is 334 g/mol. The van der Waals surface area contributed by atoms with E-state index in [9.17, 15) is 9.59 Å². The predicted molar refractivity (Wildman–Crippen MR) is 66.4 cm³/mol. The Balaban J connectivity index is 2.39. The molecule has 0 aromatic heterocycles. The summed E-state index contributed by atoms with van der Waals surface area (Å²) in [6.07, 6.45) is -0.109. The van der Waals surface area contributed by atoms with E-state index in [1.165, 1.54) is 0 Å². The van der Waals surface area contributed by atoms with E-state index in [2.05, 4.69) is 0 Å². The largest absolute Gasteiger partial charge is 0.457 e. The lowest BCUT2D eigenvalue weighted by atomic mass is 10.1. The van der Waals surface area contributed by atoms with Crippen LogP contribution in [0.3, 0.4) is 0 Å². The van der Waals surface area contributed by atoms with Gasteiger partial charge in [0.1, 0.15) is 4.11 Å². The molecule has 0 spiro atoms. The average Bonchev–Trinajstić information content (AvgIpc) is 2.26. The fourth-order valence-corrected chi connectivity index (χ4v) is 1.41. The molecule has 0 aliphatic heterocycles. The van der Waals surface area contributed by atoms with E-state index in [0.717, 1.165) is 0 Å². The highest BCUT2D eigenvalue weighted by Gasteiger charge is 2.11. The van der Waals surface area contributed by atoms with Gasteiger partial charge in [0.25, 0.3) is 0 Å². The summed E-state index contributed by atoms with van der Waals surface area (Å²) >= 11 is 1.70. The van der Waals surface area contributed by atoms with Crippen LogP contribution < -0.4 is 0 Å². The quantitative estimate of drug-likeness (QED) is 0.384. The second-order valence-corrected chi connectivity index (χ2v) is 4.53. The number of esters is 1. The zero-order valence-electron chi connectivity index (χ0n) is 8.43. The number of carbonyl (C=O) groups is 2. The Labute approximate surface area is 107 Å². The first kappa shape index (κ1) is 13.1. The molecule has 0 aliphatic carbocycles. The molecule has 0 amide bonds. The molecule has 0 fully saturated rings. The van der Waals surface area contributed by atoms with Crippen LogP contribution in [0, 0.1) is 0 Å². The number of ether oxygens (including phenoxy) is 1. The van der Waals surface area contributed by atoms with Gasteiger partial charge in [0, 0.05) is 5.56 Å². The third kappa shape index (κ3) is 4.71. The van der Waals surface area contributed by atoms with Crippen molar-refractivity contribution >= 4 is 34.3 Å². The van der Waals surface area contributed by atoms with Crippen LogP contribution >= 0.6 is 22.6 Å². The molecule has 4 nitrogen and oxygen atoms in total. The summed E-state index contributed by atoms with van der Waals surface area (Å²) in [5.74, 6) is -0.830. The molecule has 86 valence electrons. The van der Waals surface area contributed by atoms with Crippen molar-refractivity contribution in [3.05, 3.63) is 35.9 Å². The average molecular weight is 334 g/mol. The summed E-state index contributed by atoms with van der Waals surface area (Å²) in [5, 5.41) is 8.91. The maximum Gasteiger partial charge on any atom is 0.309 e. The first-order valence-corrected chi connectivity index (χ1v) is 5.90. The van der Waals surface area contributed by atoms with Crippen LogP contribution in [0.25, 0.3) is 0 Å². The number of hydrogen-bond acceptors (Lipinski definition) is 4. The fourth-order valence-electron chi connectivity index (χ4n) is 1.05. The van der Waals surface area contributed by atoms with Crippen molar-refractivity contribution in [2.24, 2.45) is 0 Å². The minimum Gasteiger partial charge on any atom is -0.457 e. The third-order valence-electron chi connectivity index (χ3n) is 1.80. The third-order valence-corrected chi connectivity index (χ3v) is 2.24. The fraction of sp³-hybridized carbons (Fsp3) is 0.273. The van der Waals surface area contributed by atoms with Gasteiger partial charge in [-0.05, 0) is 0 Å².